The van der Waals surface area contributed by atoms with Gasteiger partial charge in [0, 0.05) is 25.2 Å². The van der Waals surface area contributed by atoms with Crippen LogP contribution in [0.15, 0.2) is 24.3 Å². The van der Waals surface area contributed by atoms with Gasteiger partial charge in [-0.2, -0.15) is 0 Å². The summed E-state index contributed by atoms with van der Waals surface area (Å²) in [6.45, 7) is 11.5. The van der Waals surface area contributed by atoms with Crippen molar-refractivity contribution >= 4 is 10.0 Å². The molecule has 0 aromatic heterocycles. The van der Waals surface area contributed by atoms with E-state index in [1.807, 2.05) is 13.0 Å². The molecule has 0 aliphatic carbocycles. The molecule has 1 aromatic rings. The maximum atomic E-state index is 12.3. The Bertz CT molecular complexity index is 745. The molecule has 2 heterocycles. The second-order valence-electron chi connectivity index (χ2n) is 9.30. The third-order valence-corrected chi connectivity index (χ3v) is 8.57. The van der Waals surface area contributed by atoms with E-state index in [0.717, 1.165) is 44.8 Å². The van der Waals surface area contributed by atoms with Crippen LogP contribution in [0, 0.1) is 11.3 Å². The molecule has 0 unspecified atom stereocenters. The summed E-state index contributed by atoms with van der Waals surface area (Å²) in [5.74, 6) is 1.81. The number of piperidine rings is 2. The Labute approximate surface area is 177 Å². The van der Waals surface area contributed by atoms with Crippen molar-refractivity contribution < 1.29 is 13.2 Å². The Hall–Kier alpha value is -1.11. The summed E-state index contributed by atoms with van der Waals surface area (Å²) in [4.78, 5) is 2.53. The number of benzene rings is 1. The van der Waals surface area contributed by atoms with Gasteiger partial charge in [-0.15, -0.1) is 0 Å². The molecule has 0 saturated carbocycles. The fourth-order valence-corrected chi connectivity index (χ4v) is 6.10. The number of sulfonamides is 1. The van der Waals surface area contributed by atoms with Gasteiger partial charge in [0.15, 0.2) is 0 Å². The number of rotatable bonds is 8. The average molecular weight is 423 g/mol. The van der Waals surface area contributed by atoms with Crippen LogP contribution in [0.5, 0.6) is 5.75 Å². The van der Waals surface area contributed by atoms with Gasteiger partial charge in [-0.05, 0) is 62.6 Å². The van der Waals surface area contributed by atoms with Crippen LogP contribution in [0.25, 0.3) is 0 Å². The van der Waals surface area contributed by atoms with Crippen LogP contribution in [-0.4, -0.2) is 56.2 Å². The highest BCUT2D eigenvalue weighted by molar-refractivity contribution is 7.89. The second kappa shape index (κ2) is 9.80. The van der Waals surface area contributed by atoms with E-state index in [-0.39, 0.29) is 5.75 Å². The lowest BCUT2D eigenvalue weighted by Crippen LogP contribution is -2.48. The summed E-state index contributed by atoms with van der Waals surface area (Å²) in [6.07, 6.45) is 5.06. The van der Waals surface area contributed by atoms with Gasteiger partial charge in [-0.25, -0.2) is 12.7 Å². The lowest BCUT2D eigenvalue weighted by Gasteiger charge is -2.46. The molecule has 2 aliphatic heterocycles. The largest absolute Gasteiger partial charge is 0.493 e. The van der Waals surface area contributed by atoms with E-state index < -0.39 is 10.0 Å². The maximum Gasteiger partial charge on any atom is 0.214 e. The molecule has 2 saturated heterocycles. The van der Waals surface area contributed by atoms with E-state index in [1.54, 1.807) is 4.31 Å². The third-order valence-electron chi connectivity index (χ3n) is 6.49. The monoisotopic (exact) mass is 422 g/mol. The van der Waals surface area contributed by atoms with Crippen LogP contribution in [-0.2, 0) is 16.6 Å². The van der Waals surface area contributed by atoms with E-state index in [9.17, 15) is 8.42 Å². The highest BCUT2D eigenvalue weighted by atomic mass is 32.2. The summed E-state index contributed by atoms with van der Waals surface area (Å²) >= 11 is 0. The molecule has 0 amide bonds. The Morgan fingerprint density at radius 2 is 1.66 bits per heavy atom. The summed E-state index contributed by atoms with van der Waals surface area (Å²) in [7, 11) is -3.05. The zero-order chi connectivity index (χ0) is 20.9. The van der Waals surface area contributed by atoms with Crippen molar-refractivity contribution in [3.05, 3.63) is 29.8 Å². The maximum absolute atomic E-state index is 12.3. The molecule has 0 N–H and O–H groups in total. The van der Waals surface area contributed by atoms with Gasteiger partial charge in [-0.1, -0.05) is 39.0 Å². The van der Waals surface area contributed by atoms with Crippen molar-refractivity contribution in [1.29, 1.82) is 0 Å². The summed E-state index contributed by atoms with van der Waals surface area (Å²) in [5.41, 5.74) is 1.60. The van der Waals surface area contributed by atoms with Crippen molar-refractivity contribution in [2.24, 2.45) is 11.3 Å². The molecule has 2 fully saturated rings. The number of hydrogen-bond donors (Lipinski definition) is 0. The van der Waals surface area contributed by atoms with Gasteiger partial charge in [0.1, 0.15) is 5.75 Å². The molecule has 0 radical (unpaired) electrons. The summed E-state index contributed by atoms with van der Waals surface area (Å²) < 4.78 is 32.4. The molecule has 164 valence electrons. The highest BCUT2D eigenvalue weighted by Crippen LogP contribution is 2.42. The first-order chi connectivity index (χ1) is 13.8. The van der Waals surface area contributed by atoms with Crippen LogP contribution in [0.1, 0.15) is 58.4 Å². The molecular formula is C23H38N2O3S. The molecule has 1 aromatic carbocycles. The Kier molecular flexibility index (Phi) is 7.63. The van der Waals surface area contributed by atoms with Crippen LogP contribution < -0.4 is 4.74 Å². The van der Waals surface area contributed by atoms with Crippen LogP contribution >= 0.6 is 0 Å². The van der Waals surface area contributed by atoms with E-state index in [1.165, 1.54) is 18.4 Å². The van der Waals surface area contributed by atoms with Gasteiger partial charge in [0.25, 0.3) is 0 Å². The van der Waals surface area contributed by atoms with Crippen molar-refractivity contribution in [2.45, 2.75) is 59.4 Å². The van der Waals surface area contributed by atoms with Crippen molar-refractivity contribution in [3.8, 4) is 5.75 Å². The van der Waals surface area contributed by atoms with E-state index in [0.29, 0.717) is 30.8 Å². The molecule has 0 bridgehead atoms. The van der Waals surface area contributed by atoms with Crippen LogP contribution in [0.2, 0.25) is 0 Å². The number of likely N-dealkylation sites (tertiary alicyclic amines) is 1. The standard InChI is InChI=1S/C23H38N2O3S/c1-4-17-29(26,27)25-15-11-23(12-16-25)9-13-24(14-10-23)18-21-7-5-6-8-22(21)28-19-20(2)3/h5-8,20H,4,9-19H2,1-3H3. The molecule has 3 rings (SSSR count). The van der Waals surface area contributed by atoms with Gasteiger partial charge in [-0.3, -0.25) is 4.90 Å². The molecular weight excluding hydrogens is 384 g/mol. The number of hydrogen-bond acceptors (Lipinski definition) is 4. The lowest BCUT2D eigenvalue weighted by molar-refractivity contribution is 0.0525. The Morgan fingerprint density at radius 1 is 1.03 bits per heavy atom. The van der Waals surface area contributed by atoms with Crippen molar-refractivity contribution in [2.75, 3.05) is 38.5 Å². The fraction of sp³-hybridized carbons (Fsp3) is 0.739. The average Bonchev–Trinajstić information content (AvgIpc) is 2.69. The lowest BCUT2D eigenvalue weighted by atomic mass is 9.71. The zero-order valence-electron chi connectivity index (χ0n) is 18.4. The highest BCUT2D eigenvalue weighted by Gasteiger charge is 2.39. The predicted molar refractivity (Wildman–Crippen MR) is 119 cm³/mol. The first-order valence-electron chi connectivity index (χ1n) is 11.2. The zero-order valence-corrected chi connectivity index (χ0v) is 19.2. The molecule has 0 atom stereocenters. The Morgan fingerprint density at radius 3 is 2.28 bits per heavy atom. The first kappa shape index (κ1) is 22.6. The van der Waals surface area contributed by atoms with Crippen LogP contribution in [0.3, 0.4) is 0 Å². The number of nitrogens with zero attached hydrogens (tertiary/aromatic N) is 2. The van der Waals surface area contributed by atoms with Gasteiger partial charge in [0.2, 0.25) is 10.0 Å². The SMILES string of the molecule is CCCS(=O)(=O)N1CCC2(CCN(Cc3ccccc3OCC(C)C)CC2)CC1. The molecule has 2 aliphatic rings. The molecule has 29 heavy (non-hydrogen) atoms. The predicted octanol–water partition coefficient (Wildman–Crippen LogP) is 4.14. The van der Waals surface area contributed by atoms with Crippen LogP contribution in [0.4, 0.5) is 0 Å². The molecule has 5 nitrogen and oxygen atoms in total. The normalized spacial score (nSPS) is 21.0. The van der Waals surface area contributed by atoms with Crippen molar-refractivity contribution in [3.63, 3.8) is 0 Å². The number of ether oxygens (including phenoxy) is 1. The minimum atomic E-state index is -3.05. The quantitative estimate of drug-likeness (QED) is 0.632. The topological polar surface area (TPSA) is 49.9 Å². The summed E-state index contributed by atoms with van der Waals surface area (Å²) in [6, 6.07) is 8.40. The minimum Gasteiger partial charge on any atom is -0.493 e. The summed E-state index contributed by atoms with van der Waals surface area (Å²) in [5, 5.41) is 0. The smallest absolute Gasteiger partial charge is 0.214 e. The van der Waals surface area contributed by atoms with Crippen molar-refractivity contribution in [1.82, 2.24) is 9.21 Å². The Balaban J connectivity index is 1.52. The third kappa shape index (κ3) is 5.96. The second-order valence-corrected chi connectivity index (χ2v) is 11.4. The molecule has 6 heteroatoms. The molecule has 1 spiro atoms. The van der Waals surface area contributed by atoms with E-state index in [4.69, 9.17) is 4.74 Å². The van der Waals surface area contributed by atoms with Gasteiger partial charge >= 0.3 is 0 Å². The van der Waals surface area contributed by atoms with E-state index >= 15 is 0 Å². The van der Waals surface area contributed by atoms with Gasteiger partial charge in [0.05, 0.1) is 12.4 Å². The minimum absolute atomic E-state index is 0.284. The number of para-hydroxylation sites is 1. The van der Waals surface area contributed by atoms with Gasteiger partial charge < -0.3 is 4.74 Å². The fourth-order valence-electron chi connectivity index (χ4n) is 4.58. The van der Waals surface area contributed by atoms with E-state index in [2.05, 4.69) is 36.9 Å². The first-order valence-corrected chi connectivity index (χ1v) is 12.9.